The maximum Gasteiger partial charge on any atom is 0.329 e. The van der Waals surface area contributed by atoms with Crippen LogP contribution >= 0.6 is 39.3 Å². The molecule has 3 rings (SSSR count). The third kappa shape index (κ3) is 3.57. The average molecular weight is 441 g/mol. The standard InChI is InChI=1S/C18H15BrClNO3S/c1-24-18(23)15-10-25-17(12-7-3-5-9-14(12)20)21(15)16(22)11-6-2-4-8-13(11)19/h2-9,15,17H,10H2,1H3. The first-order valence-corrected chi connectivity index (χ1v) is 9.77. The first kappa shape index (κ1) is 18.3. The zero-order valence-corrected chi connectivity index (χ0v) is 16.5. The van der Waals surface area contributed by atoms with Gasteiger partial charge in [-0.2, -0.15) is 0 Å². The van der Waals surface area contributed by atoms with Crippen molar-refractivity contribution in [2.24, 2.45) is 0 Å². The summed E-state index contributed by atoms with van der Waals surface area (Å²) in [6.07, 6.45) is 0. The van der Waals surface area contributed by atoms with E-state index in [9.17, 15) is 9.59 Å². The summed E-state index contributed by atoms with van der Waals surface area (Å²) in [5, 5.41) is 0.216. The molecule has 1 aliphatic rings. The molecule has 0 saturated carbocycles. The van der Waals surface area contributed by atoms with Crippen molar-refractivity contribution in [3.8, 4) is 0 Å². The van der Waals surface area contributed by atoms with Gasteiger partial charge in [-0.25, -0.2) is 4.79 Å². The third-order valence-electron chi connectivity index (χ3n) is 3.98. The highest BCUT2D eigenvalue weighted by molar-refractivity contribution is 9.10. The van der Waals surface area contributed by atoms with Crippen molar-refractivity contribution >= 4 is 51.2 Å². The molecule has 0 spiro atoms. The van der Waals surface area contributed by atoms with Gasteiger partial charge in [0.2, 0.25) is 0 Å². The van der Waals surface area contributed by atoms with E-state index in [0.29, 0.717) is 20.8 Å². The molecule has 0 radical (unpaired) electrons. The van der Waals surface area contributed by atoms with Crippen molar-refractivity contribution < 1.29 is 14.3 Å². The number of carbonyl (C=O) groups excluding carboxylic acids is 2. The second-order valence-electron chi connectivity index (χ2n) is 5.44. The van der Waals surface area contributed by atoms with E-state index in [1.165, 1.54) is 18.9 Å². The summed E-state index contributed by atoms with van der Waals surface area (Å²) < 4.78 is 5.58. The molecule has 2 aromatic carbocycles. The van der Waals surface area contributed by atoms with E-state index in [1.54, 1.807) is 29.2 Å². The number of carbonyl (C=O) groups is 2. The molecule has 1 aliphatic heterocycles. The summed E-state index contributed by atoms with van der Waals surface area (Å²) >= 11 is 11.3. The van der Waals surface area contributed by atoms with Crippen molar-refractivity contribution in [3.63, 3.8) is 0 Å². The molecule has 1 amide bonds. The van der Waals surface area contributed by atoms with Gasteiger partial charge in [-0.1, -0.05) is 41.9 Å². The Labute approximate surface area is 163 Å². The fourth-order valence-electron chi connectivity index (χ4n) is 2.76. The Balaban J connectivity index is 2.05. The van der Waals surface area contributed by atoms with Crippen molar-refractivity contribution in [1.82, 2.24) is 4.90 Å². The molecule has 0 bridgehead atoms. The quantitative estimate of drug-likeness (QED) is 0.658. The summed E-state index contributed by atoms with van der Waals surface area (Å²) in [5.74, 6) is -0.209. The highest BCUT2D eigenvalue weighted by Gasteiger charge is 2.44. The Kier molecular flexibility index (Phi) is 5.71. The van der Waals surface area contributed by atoms with Crippen LogP contribution in [-0.2, 0) is 9.53 Å². The van der Waals surface area contributed by atoms with Crippen molar-refractivity contribution in [2.75, 3.05) is 12.9 Å². The van der Waals surface area contributed by atoms with Gasteiger partial charge in [0.05, 0.1) is 12.7 Å². The molecular weight excluding hydrogens is 426 g/mol. The van der Waals surface area contributed by atoms with E-state index in [4.69, 9.17) is 16.3 Å². The molecule has 4 nitrogen and oxygen atoms in total. The zero-order chi connectivity index (χ0) is 18.0. The van der Waals surface area contributed by atoms with Gasteiger partial charge in [-0.05, 0) is 34.1 Å². The molecule has 130 valence electrons. The van der Waals surface area contributed by atoms with Gasteiger partial charge in [0, 0.05) is 20.8 Å². The fourth-order valence-corrected chi connectivity index (χ4v) is 4.97. The number of halogens is 2. The van der Waals surface area contributed by atoms with E-state index in [1.807, 2.05) is 24.3 Å². The minimum Gasteiger partial charge on any atom is -0.467 e. The number of methoxy groups -OCH3 is 1. The number of nitrogens with zero attached hydrogens (tertiary/aromatic N) is 1. The monoisotopic (exact) mass is 439 g/mol. The van der Waals surface area contributed by atoms with Crippen LogP contribution in [0.25, 0.3) is 0 Å². The van der Waals surface area contributed by atoms with Gasteiger partial charge in [0.15, 0.2) is 0 Å². The van der Waals surface area contributed by atoms with Crippen LogP contribution in [0.1, 0.15) is 21.3 Å². The van der Waals surface area contributed by atoms with E-state index < -0.39 is 12.0 Å². The molecule has 0 aliphatic carbocycles. The lowest BCUT2D eigenvalue weighted by atomic mass is 10.1. The van der Waals surface area contributed by atoms with E-state index in [2.05, 4.69) is 15.9 Å². The molecule has 0 aromatic heterocycles. The fraction of sp³-hybridized carbons (Fsp3) is 0.222. The van der Waals surface area contributed by atoms with Crippen molar-refractivity contribution in [2.45, 2.75) is 11.4 Å². The number of hydrogen-bond acceptors (Lipinski definition) is 4. The molecule has 2 atom stereocenters. The summed E-state index contributed by atoms with van der Waals surface area (Å²) in [4.78, 5) is 27.0. The molecule has 7 heteroatoms. The Morgan fingerprint density at radius 2 is 1.88 bits per heavy atom. The van der Waals surface area contributed by atoms with Crippen LogP contribution in [0.5, 0.6) is 0 Å². The summed E-state index contributed by atoms with van der Waals surface area (Å²) in [7, 11) is 1.33. The van der Waals surface area contributed by atoms with E-state index in [-0.39, 0.29) is 11.3 Å². The van der Waals surface area contributed by atoms with Gasteiger partial charge >= 0.3 is 5.97 Å². The lowest BCUT2D eigenvalue weighted by molar-refractivity contribution is -0.145. The highest BCUT2D eigenvalue weighted by atomic mass is 79.9. The van der Waals surface area contributed by atoms with Gasteiger partial charge in [-0.15, -0.1) is 11.8 Å². The molecule has 2 aromatic rings. The Morgan fingerprint density at radius 1 is 1.20 bits per heavy atom. The molecule has 1 fully saturated rings. The number of esters is 1. The number of thioether (sulfide) groups is 1. The summed E-state index contributed by atoms with van der Waals surface area (Å²) in [6.45, 7) is 0. The maximum absolute atomic E-state index is 13.2. The molecule has 0 N–H and O–H groups in total. The van der Waals surface area contributed by atoms with Gasteiger partial charge < -0.3 is 9.64 Å². The average Bonchev–Trinajstić information content (AvgIpc) is 3.06. The molecule has 1 saturated heterocycles. The van der Waals surface area contributed by atoms with Crippen molar-refractivity contribution in [3.05, 3.63) is 69.2 Å². The topological polar surface area (TPSA) is 46.6 Å². The van der Waals surface area contributed by atoms with E-state index in [0.717, 1.165) is 5.56 Å². The van der Waals surface area contributed by atoms with Crippen LogP contribution in [0.15, 0.2) is 53.0 Å². The molecular formula is C18H15BrClNO3S. The Morgan fingerprint density at radius 3 is 2.56 bits per heavy atom. The normalized spacial score (nSPS) is 19.7. The highest BCUT2D eigenvalue weighted by Crippen LogP contribution is 2.45. The largest absolute Gasteiger partial charge is 0.467 e. The lowest BCUT2D eigenvalue weighted by Crippen LogP contribution is -2.43. The van der Waals surface area contributed by atoms with Crippen LogP contribution in [0, 0.1) is 0 Å². The zero-order valence-electron chi connectivity index (χ0n) is 13.3. The van der Waals surface area contributed by atoms with Crippen LogP contribution < -0.4 is 0 Å². The maximum atomic E-state index is 13.2. The van der Waals surface area contributed by atoms with Crippen LogP contribution in [-0.4, -0.2) is 35.7 Å². The number of amides is 1. The van der Waals surface area contributed by atoms with E-state index >= 15 is 0 Å². The van der Waals surface area contributed by atoms with Gasteiger partial charge in [0.25, 0.3) is 5.91 Å². The third-order valence-corrected chi connectivity index (χ3v) is 6.32. The second kappa shape index (κ2) is 7.81. The van der Waals surface area contributed by atoms with Gasteiger partial charge in [0.1, 0.15) is 11.4 Å². The summed E-state index contributed by atoms with van der Waals surface area (Å²) in [5.41, 5.74) is 1.30. The number of benzene rings is 2. The minimum atomic E-state index is -0.657. The van der Waals surface area contributed by atoms with Crippen LogP contribution in [0.4, 0.5) is 0 Å². The second-order valence-corrected chi connectivity index (χ2v) is 7.81. The van der Waals surface area contributed by atoms with Gasteiger partial charge in [-0.3, -0.25) is 4.79 Å². The minimum absolute atomic E-state index is 0.238. The van der Waals surface area contributed by atoms with Crippen LogP contribution in [0.3, 0.4) is 0 Å². The predicted molar refractivity (Wildman–Crippen MR) is 103 cm³/mol. The predicted octanol–water partition coefficient (Wildman–Crippen LogP) is 4.53. The Hall–Kier alpha value is -1.50. The molecule has 25 heavy (non-hydrogen) atoms. The Bertz CT molecular complexity index is 816. The first-order valence-electron chi connectivity index (χ1n) is 7.55. The van der Waals surface area contributed by atoms with Crippen molar-refractivity contribution in [1.29, 1.82) is 0 Å². The summed E-state index contributed by atoms with van der Waals surface area (Å²) in [6, 6.07) is 13.9. The number of rotatable bonds is 3. The smallest absolute Gasteiger partial charge is 0.329 e. The number of hydrogen-bond donors (Lipinski definition) is 0. The first-order chi connectivity index (χ1) is 12.0. The lowest BCUT2D eigenvalue weighted by Gasteiger charge is -2.29. The molecule has 2 unspecified atom stereocenters. The number of ether oxygens (including phenoxy) is 1. The SMILES string of the molecule is COC(=O)C1CSC(c2ccccc2Cl)N1C(=O)c1ccccc1Br. The molecule has 1 heterocycles. The van der Waals surface area contributed by atoms with Crippen LogP contribution in [0.2, 0.25) is 5.02 Å².